The van der Waals surface area contributed by atoms with E-state index >= 15 is 0 Å². The molecule has 1 aromatic heterocycles. The zero-order valence-electron chi connectivity index (χ0n) is 19.8. The highest BCUT2D eigenvalue weighted by Gasteiger charge is 2.35. The summed E-state index contributed by atoms with van der Waals surface area (Å²) in [6.45, 7) is 6.77. The Bertz CT molecular complexity index is 1090. The zero-order valence-corrected chi connectivity index (χ0v) is 19.8. The molecule has 184 valence electrons. The number of fused-ring (bicyclic) bond motifs is 1. The van der Waals surface area contributed by atoms with Crippen molar-refractivity contribution in [3.05, 3.63) is 40.8 Å². The monoisotopic (exact) mass is 473 g/mol. The molecule has 0 saturated carbocycles. The number of nitrogens with zero attached hydrogens (tertiary/aromatic N) is 3. The van der Waals surface area contributed by atoms with Gasteiger partial charge < -0.3 is 25.8 Å². The van der Waals surface area contributed by atoms with Crippen LogP contribution < -0.4 is 16.2 Å². The molecule has 2 aliphatic heterocycles. The summed E-state index contributed by atoms with van der Waals surface area (Å²) in [6, 6.07) is 4.24. The van der Waals surface area contributed by atoms with Crippen LogP contribution in [0.5, 0.6) is 5.75 Å². The van der Waals surface area contributed by atoms with Gasteiger partial charge in [-0.2, -0.15) is 5.10 Å². The summed E-state index contributed by atoms with van der Waals surface area (Å²) >= 11 is 0. The van der Waals surface area contributed by atoms with Gasteiger partial charge in [-0.1, -0.05) is 0 Å². The molecule has 4 rings (SSSR count). The molecule has 0 spiro atoms. The molecule has 2 aromatic rings. The van der Waals surface area contributed by atoms with E-state index in [1.54, 1.807) is 15.6 Å². The maximum absolute atomic E-state index is 13.9. The van der Waals surface area contributed by atoms with Crippen LogP contribution in [0.1, 0.15) is 67.6 Å². The summed E-state index contributed by atoms with van der Waals surface area (Å²) in [5, 5.41) is 4.69. The highest BCUT2D eigenvalue weighted by atomic mass is 19.1. The first-order chi connectivity index (χ1) is 16.0. The number of carbonyl (C=O) groups excluding carboxylic acids is 2. The molecular weight excluding hydrogens is 441 g/mol. The van der Waals surface area contributed by atoms with Crippen molar-refractivity contribution in [2.24, 2.45) is 5.73 Å². The Kier molecular flexibility index (Phi) is 6.42. The number of likely N-dealkylation sites (tertiary alicyclic amines) is 1. The average Bonchev–Trinajstić information content (AvgIpc) is 3.25. The Morgan fingerprint density at radius 2 is 2.06 bits per heavy atom. The number of nitrogens with two attached hydrogens (primary N) is 2. The standard InChI is InChI=1S/C24H32FN5O4/c1-24(2,3)34-23(32)29-9-4-5-17(29)13-30-21(26)19(22(27)31)20(28-30)14-8-10-33-18-7-6-16(25)12-15(18)11-14/h6-7,12,14,17H,4-5,8-11,13,26H2,1-3H3,(H2,27,31)/t14?,17-/m0/s1. The first-order valence-corrected chi connectivity index (χ1v) is 11.6. The number of amides is 2. The number of hydrogen-bond acceptors (Lipinski definition) is 6. The fraction of sp³-hybridized carbons (Fsp3) is 0.542. The fourth-order valence-electron chi connectivity index (χ4n) is 4.72. The summed E-state index contributed by atoms with van der Waals surface area (Å²) < 4.78 is 26.7. The lowest BCUT2D eigenvalue weighted by Gasteiger charge is -2.28. The Hall–Kier alpha value is -3.30. The molecule has 2 amide bonds. The fourth-order valence-corrected chi connectivity index (χ4v) is 4.72. The lowest BCUT2D eigenvalue weighted by molar-refractivity contribution is 0.0212. The van der Waals surface area contributed by atoms with Crippen LogP contribution in [-0.4, -0.2) is 51.5 Å². The minimum Gasteiger partial charge on any atom is -0.493 e. The van der Waals surface area contributed by atoms with Crippen LogP contribution in [0.4, 0.5) is 15.0 Å². The Labute approximate surface area is 198 Å². The van der Waals surface area contributed by atoms with Crippen LogP contribution in [0, 0.1) is 5.82 Å². The van der Waals surface area contributed by atoms with Crippen molar-refractivity contribution in [3.63, 3.8) is 0 Å². The molecule has 10 heteroatoms. The third-order valence-corrected chi connectivity index (χ3v) is 6.25. The number of ether oxygens (including phenoxy) is 2. The SMILES string of the molecule is CC(C)(C)OC(=O)N1CCC[C@H]1Cn1nc(C2CCOc3ccc(F)cc3C2)c(C(N)=O)c1N. The molecular formula is C24H32FN5O4. The molecule has 34 heavy (non-hydrogen) atoms. The number of benzene rings is 1. The van der Waals surface area contributed by atoms with Gasteiger partial charge in [-0.05, 0) is 70.2 Å². The van der Waals surface area contributed by atoms with E-state index in [1.807, 2.05) is 20.8 Å². The van der Waals surface area contributed by atoms with Gasteiger partial charge in [0, 0.05) is 12.5 Å². The molecule has 3 heterocycles. The largest absolute Gasteiger partial charge is 0.493 e. The minimum atomic E-state index is -0.668. The maximum atomic E-state index is 13.9. The van der Waals surface area contributed by atoms with E-state index in [4.69, 9.17) is 20.9 Å². The van der Waals surface area contributed by atoms with E-state index in [0.717, 1.165) is 12.8 Å². The van der Waals surface area contributed by atoms with E-state index in [9.17, 15) is 14.0 Å². The highest BCUT2D eigenvalue weighted by Crippen LogP contribution is 2.35. The molecule has 0 aliphatic carbocycles. The predicted octanol–water partition coefficient (Wildman–Crippen LogP) is 3.21. The van der Waals surface area contributed by atoms with E-state index < -0.39 is 11.5 Å². The van der Waals surface area contributed by atoms with Crippen molar-refractivity contribution in [2.45, 2.75) is 70.6 Å². The summed E-state index contributed by atoms with van der Waals surface area (Å²) in [7, 11) is 0. The van der Waals surface area contributed by atoms with E-state index in [0.29, 0.717) is 49.5 Å². The molecule has 9 nitrogen and oxygen atoms in total. The molecule has 2 aliphatic rings. The van der Waals surface area contributed by atoms with Crippen molar-refractivity contribution < 1.29 is 23.5 Å². The second kappa shape index (κ2) is 9.15. The van der Waals surface area contributed by atoms with Crippen molar-refractivity contribution in [1.82, 2.24) is 14.7 Å². The van der Waals surface area contributed by atoms with Gasteiger partial charge in [-0.3, -0.25) is 4.79 Å². The predicted molar refractivity (Wildman–Crippen MR) is 124 cm³/mol. The topological polar surface area (TPSA) is 126 Å². The Morgan fingerprint density at radius 3 is 2.76 bits per heavy atom. The van der Waals surface area contributed by atoms with Gasteiger partial charge in [0.15, 0.2) is 0 Å². The average molecular weight is 474 g/mol. The Balaban J connectivity index is 1.61. The number of primary amides is 1. The van der Waals surface area contributed by atoms with E-state index in [1.165, 1.54) is 12.1 Å². The van der Waals surface area contributed by atoms with Gasteiger partial charge in [0.05, 0.1) is 24.9 Å². The third-order valence-electron chi connectivity index (χ3n) is 6.25. The highest BCUT2D eigenvalue weighted by molar-refractivity contribution is 5.98. The lowest BCUT2D eigenvalue weighted by atomic mass is 9.91. The van der Waals surface area contributed by atoms with Gasteiger partial charge in [-0.25, -0.2) is 13.9 Å². The van der Waals surface area contributed by atoms with Gasteiger partial charge in [-0.15, -0.1) is 0 Å². The molecule has 1 aromatic carbocycles. The van der Waals surface area contributed by atoms with Crippen molar-refractivity contribution >= 4 is 17.8 Å². The number of carbonyl (C=O) groups is 2. The second-order valence-electron chi connectivity index (χ2n) is 9.95. The quantitative estimate of drug-likeness (QED) is 0.702. The van der Waals surface area contributed by atoms with Gasteiger partial charge in [0.2, 0.25) is 0 Å². The normalized spacial score (nSPS) is 20.4. The summed E-state index contributed by atoms with van der Waals surface area (Å²) in [6.07, 6.45) is 2.24. The van der Waals surface area contributed by atoms with Crippen molar-refractivity contribution in [1.29, 1.82) is 0 Å². The number of halogens is 1. The molecule has 0 bridgehead atoms. The third kappa shape index (κ3) is 4.95. The Morgan fingerprint density at radius 1 is 1.29 bits per heavy atom. The smallest absolute Gasteiger partial charge is 0.410 e. The summed E-state index contributed by atoms with van der Waals surface area (Å²) in [5.41, 5.74) is 12.8. The molecule has 1 saturated heterocycles. The van der Waals surface area contributed by atoms with Gasteiger partial charge >= 0.3 is 6.09 Å². The van der Waals surface area contributed by atoms with Crippen LogP contribution in [0.3, 0.4) is 0 Å². The molecule has 4 N–H and O–H groups in total. The van der Waals surface area contributed by atoms with Crippen LogP contribution >= 0.6 is 0 Å². The number of hydrogen-bond donors (Lipinski definition) is 2. The summed E-state index contributed by atoms with van der Waals surface area (Å²) in [5.74, 6) is -0.455. The van der Waals surface area contributed by atoms with Gasteiger partial charge in [0.1, 0.15) is 28.5 Å². The zero-order chi connectivity index (χ0) is 24.6. The van der Waals surface area contributed by atoms with Crippen LogP contribution in [0.15, 0.2) is 18.2 Å². The number of anilines is 1. The van der Waals surface area contributed by atoms with E-state index in [-0.39, 0.29) is 35.3 Å². The van der Waals surface area contributed by atoms with Crippen molar-refractivity contribution in [2.75, 3.05) is 18.9 Å². The number of aromatic nitrogens is 2. The van der Waals surface area contributed by atoms with Crippen LogP contribution in [0.2, 0.25) is 0 Å². The molecule has 1 unspecified atom stereocenters. The first kappa shape index (κ1) is 23.8. The minimum absolute atomic E-state index is 0.169. The van der Waals surface area contributed by atoms with E-state index in [2.05, 4.69) is 5.10 Å². The maximum Gasteiger partial charge on any atom is 0.410 e. The second-order valence-corrected chi connectivity index (χ2v) is 9.95. The van der Waals surface area contributed by atoms with Crippen LogP contribution in [-0.2, 0) is 17.7 Å². The molecule has 0 radical (unpaired) electrons. The lowest BCUT2D eigenvalue weighted by Crippen LogP contribution is -2.41. The number of nitrogen functional groups attached to an aromatic ring is 1. The van der Waals surface area contributed by atoms with Crippen LogP contribution in [0.25, 0.3) is 0 Å². The molecule has 2 atom stereocenters. The number of rotatable bonds is 4. The van der Waals surface area contributed by atoms with Gasteiger partial charge in [0.25, 0.3) is 5.91 Å². The summed E-state index contributed by atoms with van der Waals surface area (Å²) in [4.78, 5) is 26.7. The first-order valence-electron chi connectivity index (χ1n) is 11.6. The van der Waals surface area contributed by atoms with Crippen molar-refractivity contribution in [3.8, 4) is 5.75 Å². The molecule has 1 fully saturated rings.